The molecule has 0 unspecified atom stereocenters. The summed E-state index contributed by atoms with van der Waals surface area (Å²) < 4.78 is 0. The fourth-order valence-electron chi connectivity index (χ4n) is 0. The van der Waals surface area contributed by atoms with E-state index in [2.05, 4.69) is 0 Å². The van der Waals surface area contributed by atoms with Gasteiger partial charge in [0.15, 0.2) is 0 Å². The van der Waals surface area contributed by atoms with E-state index >= 15 is 0 Å². The number of hydrogen-bond donors (Lipinski definition) is 0. The Morgan fingerprint density at radius 1 is 1.00 bits per heavy atom. The van der Waals surface area contributed by atoms with E-state index in [0.717, 1.165) is 0 Å². The van der Waals surface area contributed by atoms with Crippen molar-refractivity contribution >= 4 is 8.41 Å². The maximum absolute atomic E-state index is 0. The van der Waals surface area contributed by atoms with Crippen molar-refractivity contribution in [3.05, 3.63) is 0 Å². The summed E-state index contributed by atoms with van der Waals surface area (Å²) in [4.78, 5) is 0. The molecule has 2 radical (unpaired) electrons. The van der Waals surface area contributed by atoms with Gasteiger partial charge in [-0.05, 0) is 0 Å². The standard InChI is InChI=1S/BH3.La.Nb.Zn/h1H3;;;. The smallest absolute Gasteiger partial charge is 0 e. The summed E-state index contributed by atoms with van der Waals surface area (Å²) >= 11 is 0. The van der Waals surface area contributed by atoms with Crippen molar-refractivity contribution in [2.75, 3.05) is 0 Å². The van der Waals surface area contributed by atoms with Crippen LogP contribution in [0.2, 0.25) is 0 Å². The SMILES string of the molecule is B.[La].[Nb].[Zn]. The molecule has 0 aromatic heterocycles. The zero-order valence-electron chi connectivity index (χ0n) is 1.73. The Hall–Kier alpha value is 2.62. The Labute approximate surface area is 84.3 Å². The van der Waals surface area contributed by atoms with Gasteiger partial charge in [-0.3, -0.25) is 0 Å². The molecule has 0 aliphatic carbocycles. The zero-order chi connectivity index (χ0) is 0. The van der Waals surface area contributed by atoms with E-state index in [9.17, 15) is 0 Å². The molecule has 0 heterocycles. The van der Waals surface area contributed by atoms with Crippen molar-refractivity contribution in [1.82, 2.24) is 0 Å². The van der Waals surface area contributed by atoms with Crippen LogP contribution >= 0.6 is 0 Å². The Balaban J connectivity index is 0. The quantitative estimate of drug-likeness (QED) is 0.494. The third-order valence-corrected chi connectivity index (χ3v) is 0. The predicted octanol–water partition coefficient (Wildman–Crippen LogP) is -1.19. The van der Waals surface area contributed by atoms with Crippen LogP contribution in [0.4, 0.5) is 0 Å². The topological polar surface area (TPSA) is 0 Å². The number of rotatable bonds is 0. The molecular formula is H3BLaNbZn. The summed E-state index contributed by atoms with van der Waals surface area (Å²) in [6, 6.07) is 0. The molecule has 0 atom stereocenters. The minimum Gasteiger partial charge on any atom is 0 e. The third kappa shape index (κ3) is 8.82. The van der Waals surface area contributed by atoms with E-state index in [1.807, 2.05) is 0 Å². The van der Waals surface area contributed by atoms with Gasteiger partial charge in [-0.1, -0.05) is 0 Å². The average molecular weight is 311 g/mol. The van der Waals surface area contributed by atoms with Crippen molar-refractivity contribution < 1.29 is 77.5 Å². The van der Waals surface area contributed by atoms with Gasteiger partial charge in [0, 0.05) is 77.5 Å². The van der Waals surface area contributed by atoms with Gasteiger partial charge < -0.3 is 0 Å². The summed E-state index contributed by atoms with van der Waals surface area (Å²) in [6.45, 7) is 0. The molecule has 0 spiro atoms. The molecule has 16 valence electrons. The Morgan fingerprint density at radius 3 is 1.00 bits per heavy atom. The van der Waals surface area contributed by atoms with E-state index in [1.165, 1.54) is 0 Å². The molecule has 4 heteroatoms. The minimum absolute atomic E-state index is 0. The van der Waals surface area contributed by atoms with Crippen molar-refractivity contribution in [3.8, 4) is 0 Å². The Morgan fingerprint density at radius 2 is 1.00 bits per heavy atom. The third-order valence-electron chi connectivity index (χ3n) is 0. The molecule has 0 bridgehead atoms. The van der Waals surface area contributed by atoms with Crippen LogP contribution in [0.3, 0.4) is 0 Å². The summed E-state index contributed by atoms with van der Waals surface area (Å²) in [5.41, 5.74) is 0. The van der Waals surface area contributed by atoms with Gasteiger partial charge in [0.1, 0.15) is 0 Å². The fraction of sp³-hybridized carbons (Fsp3) is 0. The maximum atomic E-state index is 0. The van der Waals surface area contributed by atoms with Gasteiger partial charge in [-0.25, -0.2) is 0 Å². The maximum Gasteiger partial charge on any atom is 0.0814 e. The van der Waals surface area contributed by atoms with Crippen LogP contribution in [-0.2, 0) is 41.9 Å². The first-order chi connectivity index (χ1) is 0. The average Bonchev–Trinajstić information content (AvgIpc) is 0. The van der Waals surface area contributed by atoms with Crippen molar-refractivity contribution in [3.63, 3.8) is 0 Å². The van der Waals surface area contributed by atoms with Crippen molar-refractivity contribution in [2.45, 2.75) is 0 Å². The second kappa shape index (κ2) is 17.5. The molecule has 0 aliphatic rings. The minimum atomic E-state index is 0. The first-order valence-electron chi connectivity index (χ1n) is 0. The summed E-state index contributed by atoms with van der Waals surface area (Å²) in [5.74, 6) is 0. The van der Waals surface area contributed by atoms with Crippen LogP contribution < -0.4 is 0 Å². The summed E-state index contributed by atoms with van der Waals surface area (Å²) in [6.07, 6.45) is 0. The van der Waals surface area contributed by atoms with Crippen LogP contribution in [0.25, 0.3) is 0 Å². The van der Waals surface area contributed by atoms with Crippen LogP contribution in [0, 0.1) is 35.6 Å². The van der Waals surface area contributed by atoms with Crippen LogP contribution in [0.15, 0.2) is 0 Å². The predicted molar refractivity (Wildman–Crippen MR) is 9.94 cm³/mol. The first-order valence-corrected chi connectivity index (χ1v) is 0. The largest absolute Gasteiger partial charge is 0.0814 e. The number of hydrogen-bond acceptors (Lipinski definition) is 0. The molecule has 0 rings (SSSR count). The van der Waals surface area contributed by atoms with Crippen LogP contribution in [0.5, 0.6) is 0 Å². The van der Waals surface area contributed by atoms with Gasteiger partial charge in [0.05, 0.1) is 8.41 Å². The van der Waals surface area contributed by atoms with E-state index in [4.69, 9.17) is 0 Å². The van der Waals surface area contributed by atoms with E-state index in [0.29, 0.717) is 0 Å². The van der Waals surface area contributed by atoms with E-state index in [1.54, 1.807) is 0 Å². The molecule has 0 saturated carbocycles. The Bertz CT molecular complexity index is 8.00. The fourth-order valence-corrected chi connectivity index (χ4v) is 0. The van der Waals surface area contributed by atoms with Crippen molar-refractivity contribution in [1.29, 1.82) is 0 Å². The summed E-state index contributed by atoms with van der Waals surface area (Å²) in [5, 5.41) is 0. The summed E-state index contributed by atoms with van der Waals surface area (Å²) in [7, 11) is 0. The monoisotopic (exact) mass is 310 g/mol. The Kier molecular flexibility index (Phi) is 133. The molecule has 0 aromatic rings. The normalized spacial score (nSPS) is 0. The van der Waals surface area contributed by atoms with E-state index in [-0.39, 0.29) is 85.9 Å². The van der Waals surface area contributed by atoms with E-state index < -0.39 is 0 Å². The molecule has 4 heavy (non-hydrogen) atoms. The second-order valence-corrected chi connectivity index (χ2v) is 0. The molecule has 0 N–H and O–H groups in total. The molecule has 0 aromatic carbocycles. The van der Waals surface area contributed by atoms with Crippen LogP contribution in [-0.4, -0.2) is 8.41 Å². The van der Waals surface area contributed by atoms with Gasteiger partial charge in [-0.15, -0.1) is 0 Å². The van der Waals surface area contributed by atoms with Gasteiger partial charge in [0.25, 0.3) is 0 Å². The molecule has 0 aliphatic heterocycles. The van der Waals surface area contributed by atoms with Gasteiger partial charge >= 0.3 is 0 Å². The zero-order valence-corrected chi connectivity index (χ0v) is 10.5. The molecule has 0 fully saturated rings. The van der Waals surface area contributed by atoms with Crippen molar-refractivity contribution in [2.24, 2.45) is 0 Å². The van der Waals surface area contributed by atoms with Gasteiger partial charge in [0.2, 0.25) is 0 Å². The van der Waals surface area contributed by atoms with Gasteiger partial charge in [-0.2, -0.15) is 0 Å². The first kappa shape index (κ1) is 30.4. The molecule has 0 nitrogen and oxygen atoms in total. The second-order valence-electron chi connectivity index (χ2n) is 0. The molecular weight excluding hydrogens is 308 g/mol. The molecule has 0 amide bonds. The molecule has 0 saturated heterocycles. The van der Waals surface area contributed by atoms with Crippen LogP contribution in [0.1, 0.15) is 0 Å².